The average molecular weight is 178 g/mol. The highest BCUT2D eigenvalue weighted by Gasteiger charge is 2.08. The fraction of sp³-hybridized carbons (Fsp3) is 0.143. The minimum Gasteiger partial charge on any atom is -0.464 e. The van der Waals surface area contributed by atoms with Crippen molar-refractivity contribution < 1.29 is 9.53 Å². The van der Waals surface area contributed by atoms with Crippen molar-refractivity contribution >= 4 is 17.1 Å². The Kier molecular flexibility index (Phi) is 1.66. The predicted molar refractivity (Wildman–Crippen MR) is 43.0 cm³/mol. The number of aromatic amines is 1. The van der Waals surface area contributed by atoms with Gasteiger partial charge in [0.15, 0.2) is 11.3 Å². The van der Waals surface area contributed by atoms with Crippen molar-refractivity contribution in [1.82, 2.24) is 20.2 Å². The van der Waals surface area contributed by atoms with Gasteiger partial charge in [-0.2, -0.15) is 5.10 Å². The van der Waals surface area contributed by atoms with Gasteiger partial charge >= 0.3 is 5.97 Å². The first-order valence-corrected chi connectivity index (χ1v) is 3.55. The van der Waals surface area contributed by atoms with Gasteiger partial charge in [0.05, 0.1) is 19.5 Å². The first-order chi connectivity index (χ1) is 6.31. The summed E-state index contributed by atoms with van der Waals surface area (Å²) in [4.78, 5) is 18.9. The molecule has 0 radical (unpaired) electrons. The smallest absolute Gasteiger partial charge is 0.358 e. The van der Waals surface area contributed by atoms with Crippen LogP contribution in [0.25, 0.3) is 11.2 Å². The lowest BCUT2D eigenvalue weighted by atomic mass is 10.4. The maximum absolute atomic E-state index is 11.0. The molecule has 2 aromatic heterocycles. The largest absolute Gasteiger partial charge is 0.464 e. The summed E-state index contributed by atoms with van der Waals surface area (Å²) in [5.41, 5.74) is 1.27. The second kappa shape index (κ2) is 2.81. The van der Waals surface area contributed by atoms with Gasteiger partial charge in [0.2, 0.25) is 0 Å². The molecule has 0 fully saturated rings. The molecule has 0 bridgehead atoms. The molecule has 0 unspecified atom stereocenters. The number of aromatic nitrogens is 4. The molecular weight excluding hydrogens is 172 g/mol. The van der Waals surface area contributed by atoms with Crippen LogP contribution in [0.15, 0.2) is 12.4 Å². The zero-order valence-electron chi connectivity index (χ0n) is 6.81. The Balaban J connectivity index is 2.54. The van der Waals surface area contributed by atoms with Gasteiger partial charge in [-0.05, 0) is 0 Å². The fourth-order valence-electron chi connectivity index (χ4n) is 0.937. The lowest BCUT2D eigenvalue weighted by Crippen LogP contribution is -2.04. The Morgan fingerprint density at radius 2 is 2.38 bits per heavy atom. The molecule has 0 aliphatic rings. The average Bonchev–Trinajstić information content (AvgIpc) is 2.63. The number of nitrogens with one attached hydrogen (secondary N) is 1. The Morgan fingerprint density at radius 3 is 3.15 bits per heavy atom. The third-order valence-corrected chi connectivity index (χ3v) is 1.55. The second-order valence-corrected chi connectivity index (χ2v) is 2.35. The molecule has 0 saturated heterocycles. The molecule has 1 N–H and O–H groups in total. The van der Waals surface area contributed by atoms with Crippen LogP contribution in [-0.2, 0) is 4.74 Å². The number of esters is 1. The van der Waals surface area contributed by atoms with Crippen LogP contribution in [0, 0.1) is 0 Å². The molecule has 2 heterocycles. The number of rotatable bonds is 1. The molecule has 2 aromatic rings. The van der Waals surface area contributed by atoms with Gasteiger partial charge in [0, 0.05) is 0 Å². The molecule has 0 spiro atoms. The van der Waals surface area contributed by atoms with Crippen molar-refractivity contribution in [2.24, 2.45) is 0 Å². The minimum atomic E-state index is -0.504. The summed E-state index contributed by atoms with van der Waals surface area (Å²) in [6, 6.07) is 0. The van der Waals surface area contributed by atoms with Crippen LogP contribution in [0.4, 0.5) is 0 Å². The highest BCUT2D eigenvalue weighted by Crippen LogP contribution is 2.04. The van der Waals surface area contributed by atoms with Crippen molar-refractivity contribution in [2.75, 3.05) is 7.11 Å². The van der Waals surface area contributed by atoms with Crippen molar-refractivity contribution in [3.8, 4) is 0 Å². The maximum Gasteiger partial charge on any atom is 0.358 e. The van der Waals surface area contributed by atoms with Crippen LogP contribution in [0.2, 0.25) is 0 Å². The van der Waals surface area contributed by atoms with Crippen LogP contribution in [0.3, 0.4) is 0 Å². The summed E-state index contributed by atoms with van der Waals surface area (Å²) >= 11 is 0. The molecular formula is C7H6N4O2. The molecule has 0 aliphatic carbocycles. The number of H-pyrrole nitrogens is 1. The maximum atomic E-state index is 11.0. The van der Waals surface area contributed by atoms with Gasteiger partial charge in [-0.15, -0.1) is 0 Å². The van der Waals surface area contributed by atoms with Crippen LogP contribution < -0.4 is 0 Å². The number of carbonyl (C=O) groups is 1. The molecule has 0 saturated carbocycles. The van der Waals surface area contributed by atoms with E-state index >= 15 is 0 Å². The van der Waals surface area contributed by atoms with Crippen molar-refractivity contribution in [3.63, 3.8) is 0 Å². The van der Waals surface area contributed by atoms with E-state index in [-0.39, 0.29) is 5.69 Å². The van der Waals surface area contributed by atoms with Gasteiger partial charge in [0.25, 0.3) is 0 Å². The van der Waals surface area contributed by atoms with E-state index in [0.717, 1.165) is 0 Å². The van der Waals surface area contributed by atoms with Gasteiger partial charge in [-0.3, -0.25) is 5.10 Å². The number of nitrogens with zero attached hydrogens (tertiary/aromatic N) is 3. The lowest BCUT2D eigenvalue weighted by Gasteiger charge is -1.95. The van der Waals surface area contributed by atoms with Crippen molar-refractivity contribution in [2.45, 2.75) is 0 Å². The summed E-state index contributed by atoms with van der Waals surface area (Å²) in [5, 5.41) is 6.35. The molecule has 66 valence electrons. The molecule has 2 rings (SSSR count). The molecule has 0 aromatic carbocycles. The third kappa shape index (κ3) is 1.22. The highest BCUT2D eigenvalue weighted by molar-refractivity contribution is 5.88. The lowest BCUT2D eigenvalue weighted by molar-refractivity contribution is 0.0594. The quantitative estimate of drug-likeness (QED) is 0.628. The van der Waals surface area contributed by atoms with Crippen molar-refractivity contribution in [1.29, 1.82) is 0 Å². The molecule has 6 heteroatoms. The molecule has 13 heavy (non-hydrogen) atoms. The number of hydrogen-bond acceptors (Lipinski definition) is 5. The third-order valence-electron chi connectivity index (χ3n) is 1.55. The fourth-order valence-corrected chi connectivity index (χ4v) is 0.937. The van der Waals surface area contributed by atoms with E-state index in [9.17, 15) is 4.79 Å². The van der Waals surface area contributed by atoms with Gasteiger partial charge in [-0.1, -0.05) is 0 Å². The van der Waals surface area contributed by atoms with E-state index in [4.69, 9.17) is 0 Å². The Hall–Kier alpha value is -1.98. The first-order valence-electron chi connectivity index (χ1n) is 3.55. The van der Waals surface area contributed by atoms with Crippen LogP contribution in [0.1, 0.15) is 10.5 Å². The topological polar surface area (TPSA) is 80.8 Å². The predicted octanol–water partition coefficient (Wildman–Crippen LogP) is 0.139. The second-order valence-electron chi connectivity index (χ2n) is 2.35. The summed E-state index contributed by atoms with van der Waals surface area (Å²) in [5.74, 6) is -0.504. The number of methoxy groups -OCH3 is 1. The summed E-state index contributed by atoms with van der Waals surface area (Å²) in [6.07, 6.45) is 2.83. The van der Waals surface area contributed by atoms with E-state index in [2.05, 4.69) is 24.9 Å². The van der Waals surface area contributed by atoms with E-state index < -0.39 is 5.97 Å². The van der Waals surface area contributed by atoms with E-state index in [1.165, 1.54) is 19.5 Å². The Labute approximate surface area is 73.0 Å². The van der Waals surface area contributed by atoms with Crippen molar-refractivity contribution in [3.05, 3.63) is 18.1 Å². The summed E-state index contributed by atoms with van der Waals surface area (Å²) < 4.78 is 4.49. The van der Waals surface area contributed by atoms with Gasteiger partial charge in [0.1, 0.15) is 5.52 Å². The number of fused-ring (bicyclic) bond motifs is 1. The van der Waals surface area contributed by atoms with Gasteiger partial charge in [-0.25, -0.2) is 14.8 Å². The SMILES string of the molecule is COC(=O)c1cnc2[nH]ncc2n1. The van der Waals surface area contributed by atoms with Crippen LogP contribution >= 0.6 is 0 Å². The molecule has 0 aliphatic heterocycles. The number of hydrogen-bond donors (Lipinski definition) is 1. The zero-order valence-corrected chi connectivity index (χ0v) is 6.81. The Morgan fingerprint density at radius 1 is 1.54 bits per heavy atom. The summed E-state index contributed by atoms with van der Waals surface area (Å²) in [6.45, 7) is 0. The van der Waals surface area contributed by atoms with E-state index in [0.29, 0.717) is 11.2 Å². The molecule has 0 amide bonds. The minimum absolute atomic E-state index is 0.177. The van der Waals surface area contributed by atoms with Crippen LogP contribution in [-0.4, -0.2) is 33.2 Å². The zero-order chi connectivity index (χ0) is 9.26. The highest BCUT2D eigenvalue weighted by atomic mass is 16.5. The first kappa shape index (κ1) is 7.66. The van der Waals surface area contributed by atoms with Crippen LogP contribution in [0.5, 0.6) is 0 Å². The standard InChI is InChI=1S/C7H6N4O2/c1-13-7(12)5-2-8-6-4(10-5)3-9-11-6/h2-3H,1H3,(H,8,9,11). The van der Waals surface area contributed by atoms with E-state index in [1.54, 1.807) is 0 Å². The Bertz CT molecular complexity index is 450. The number of carbonyl (C=O) groups excluding carboxylic acids is 1. The number of ether oxygens (including phenoxy) is 1. The molecule has 0 atom stereocenters. The van der Waals surface area contributed by atoms with Gasteiger partial charge < -0.3 is 4.74 Å². The van der Waals surface area contributed by atoms with E-state index in [1.807, 2.05) is 0 Å². The molecule has 6 nitrogen and oxygen atoms in total. The summed E-state index contributed by atoms with van der Waals surface area (Å²) in [7, 11) is 1.30. The normalized spacial score (nSPS) is 10.2. The monoisotopic (exact) mass is 178 g/mol.